The van der Waals surface area contributed by atoms with Crippen LogP contribution in [0.5, 0.6) is 0 Å². The molecule has 7 nitrogen and oxygen atoms in total. The second kappa shape index (κ2) is 8.85. The summed E-state index contributed by atoms with van der Waals surface area (Å²) in [6, 6.07) is 16.1. The Morgan fingerprint density at radius 1 is 1.03 bits per heavy atom. The monoisotopic (exact) mass is 409 g/mol. The number of nitrogens with one attached hydrogen (secondary N) is 2. The van der Waals surface area contributed by atoms with Crippen molar-refractivity contribution in [2.24, 2.45) is 0 Å². The first-order chi connectivity index (χ1) is 14.6. The lowest BCUT2D eigenvalue weighted by molar-refractivity contribution is -0.129. The van der Waals surface area contributed by atoms with Gasteiger partial charge in [0.05, 0.1) is 25.2 Å². The molecule has 4 rings (SSSR count). The summed E-state index contributed by atoms with van der Waals surface area (Å²) in [5.41, 5.74) is 2.04. The van der Waals surface area contributed by atoms with Gasteiger partial charge in [-0.2, -0.15) is 0 Å². The van der Waals surface area contributed by atoms with Crippen molar-refractivity contribution >= 4 is 23.2 Å². The van der Waals surface area contributed by atoms with E-state index < -0.39 is 24.0 Å². The third kappa shape index (κ3) is 4.32. The van der Waals surface area contributed by atoms with Crippen molar-refractivity contribution in [2.45, 2.75) is 24.3 Å². The molecule has 7 heteroatoms. The average Bonchev–Trinajstić information content (AvgIpc) is 3.61. The zero-order chi connectivity index (χ0) is 21.0. The molecule has 2 aromatic carbocycles. The Morgan fingerprint density at radius 3 is 2.30 bits per heavy atom. The maximum absolute atomic E-state index is 12.9. The van der Waals surface area contributed by atoms with Crippen molar-refractivity contribution in [3.05, 3.63) is 60.2 Å². The molecule has 2 aliphatic rings. The number of hydrogen-bond donors (Lipinski definition) is 3. The van der Waals surface area contributed by atoms with Gasteiger partial charge in [0, 0.05) is 24.5 Å². The van der Waals surface area contributed by atoms with Crippen LogP contribution in [-0.4, -0.2) is 55.9 Å². The van der Waals surface area contributed by atoms with E-state index in [-0.39, 0.29) is 5.91 Å². The molecule has 0 bridgehead atoms. The number of aliphatic hydroxyl groups excluding tert-OH is 1. The number of carbonyl (C=O) groups is 2. The van der Waals surface area contributed by atoms with E-state index in [0.29, 0.717) is 18.9 Å². The summed E-state index contributed by atoms with van der Waals surface area (Å²) in [4.78, 5) is 27.7. The fourth-order valence-corrected chi connectivity index (χ4v) is 3.83. The molecule has 1 aliphatic carbocycles. The van der Waals surface area contributed by atoms with E-state index in [0.717, 1.165) is 37.2 Å². The number of benzene rings is 2. The first-order valence-corrected chi connectivity index (χ1v) is 10.3. The van der Waals surface area contributed by atoms with Gasteiger partial charge < -0.3 is 25.4 Å². The summed E-state index contributed by atoms with van der Waals surface area (Å²) in [6.07, 6.45) is 1.48. The Kier molecular flexibility index (Phi) is 6.01. The van der Waals surface area contributed by atoms with E-state index in [1.807, 2.05) is 54.6 Å². The molecule has 158 valence electrons. The largest absolute Gasteiger partial charge is 0.394 e. The summed E-state index contributed by atoms with van der Waals surface area (Å²) in [7, 11) is 0. The predicted octanol–water partition coefficient (Wildman–Crippen LogP) is 1.67. The number of nitrogens with zero attached hydrogens (tertiary/aromatic N) is 1. The molecule has 30 heavy (non-hydrogen) atoms. The predicted molar refractivity (Wildman–Crippen MR) is 114 cm³/mol. The molecule has 2 amide bonds. The maximum Gasteiger partial charge on any atom is 0.249 e. The average molecular weight is 409 g/mol. The van der Waals surface area contributed by atoms with Gasteiger partial charge >= 0.3 is 0 Å². The second-order valence-corrected chi connectivity index (χ2v) is 7.79. The number of carbonyl (C=O) groups excluding carboxylic acids is 2. The van der Waals surface area contributed by atoms with Gasteiger partial charge in [0.15, 0.2) is 0 Å². The Hall–Kier alpha value is -2.90. The fourth-order valence-electron chi connectivity index (χ4n) is 3.83. The topological polar surface area (TPSA) is 90.9 Å². The highest BCUT2D eigenvalue weighted by Crippen LogP contribution is 2.48. The van der Waals surface area contributed by atoms with Crippen LogP contribution in [0.4, 0.5) is 11.4 Å². The summed E-state index contributed by atoms with van der Waals surface area (Å²) >= 11 is 0. The van der Waals surface area contributed by atoms with Gasteiger partial charge in [-0.15, -0.1) is 0 Å². The second-order valence-electron chi connectivity index (χ2n) is 7.79. The van der Waals surface area contributed by atoms with Crippen LogP contribution in [0, 0.1) is 0 Å². The Bertz CT molecular complexity index is 875. The van der Waals surface area contributed by atoms with Crippen LogP contribution in [0.25, 0.3) is 0 Å². The third-order valence-corrected chi connectivity index (χ3v) is 5.83. The smallest absolute Gasteiger partial charge is 0.249 e. The van der Waals surface area contributed by atoms with E-state index in [4.69, 9.17) is 4.74 Å². The van der Waals surface area contributed by atoms with Crippen molar-refractivity contribution in [2.75, 3.05) is 43.1 Å². The van der Waals surface area contributed by atoms with Gasteiger partial charge in [-0.05, 0) is 42.7 Å². The van der Waals surface area contributed by atoms with Crippen LogP contribution in [0.1, 0.15) is 18.4 Å². The Morgan fingerprint density at radius 2 is 1.70 bits per heavy atom. The zero-order valence-electron chi connectivity index (χ0n) is 16.8. The molecule has 3 N–H and O–H groups in total. The van der Waals surface area contributed by atoms with Gasteiger partial charge in [0.2, 0.25) is 11.8 Å². The van der Waals surface area contributed by atoms with E-state index in [9.17, 15) is 14.7 Å². The fraction of sp³-hybridized carbons (Fsp3) is 0.391. The molecule has 0 unspecified atom stereocenters. The van der Waals surface area contributed by atoms with Crippen molar-refractivity contribution in [1.82, 2.24) is 5.32 Å². The lowest BCUT2D eigenvalue weighted by Crippen LogP contribution is -2.49. The van der Waals surface area contributed by atoms with E-state index >= 15 is 0 Å². The van der Waals surface area contributed by atoms with Crippen LogP contribution >= 0.6 is 0 Å². The Balaban J connectivity index is 1.36. The highest BCUT2D eigenvalue weighted by atomic mass is 16.5. The lowest BCUT2D eigenvalue weighted by Gasteiger charge is -2.29. The minimum atomic E-state index is -1.00. The SMILES string of the molecule is O=C(Nc1ccc(N2CCOCC2)cc1)[C@H](CO)NC(=O)C1(c2ccccc2)CC1. The van der Waals surface area contributed by atoms with E-state index in [2.05, 4.69) is 15.5 Å². The number of ether oxygens (including phenoxy) is 1. The van der Waals surface area contributed by atoms with Gasteiger partial charge in [0.25, 0.3) is 0 Å². The summed E-state index contributed by atoms with van der Waals surface area (Å²) in [5, 5.41) is 15.2. The lowest BCUT2D eigenvalue weighted by atomic mass is 9.94. The molecule has 2 fully saturated rings. The van der Waals surface area contributed by atoms with E-state index in [1.54, 1.807) is 0 Å². The number of morpholine rings is 1. The number of aliphatic hydroxyl groups is 1. The zero-order valence-corrected chi connectivity index (χ0v) is 16.8. The van der Waals surface area contributed by atoms with Crippen LogP contribution in [0.3, 0.4) is 0 Å². The van der Waals surface area contributed by atoms with E-state index in [1.165, 1.54) is 0 Å². The Labute approximate surface area is 176 Å². The van der Waals surface area contributed by atoms with Crippen molar-refractivity contribution < 1.29 is 19.4 Å². The first kappa shape index (κ1) is 20.4. The van der Waals surface area contributed by atoms with Gasteiger partial charge in [-0.25, -0.2) is 0 Å². The minimum Gasteiger partial charge on any atom is -0.394 e. The molecule has 0 spiro atoms. The molecule has 1 atom stereocenters. The molecule has 2 aromatic rings. The van der Waals surface area contributed by atoms with Crippen LogP contribution in [0.15, 0.2) is 54.6 Å². The standard InChI is InChI=1S/C23H27N3O4/c27-16-20(25-22(29)23(10-11-23)17-4-2-1-3-5-17)21(28)24-18-6-8-19(9-7-18)26-12-14-30-15-13-26/h1-9,20,27H,10-16H2,(H,24,28)(H,25,29)/t20-/m0/s1. The number of hydrogen-bond acceptors (Lipinski definition) is 5. The number of rotatable bonds is 7. The number of anilines is 2. The van der Waals surface area contributed by atoms with Gasteiger partial charge in [-0.3, -0.25) is 9.59 Å². The van der Waals surface area contributed by atoms with Gasteiger partial charge in [0.1, 0.15) is 6.04 Å². The quantitative estimate of drug-likeness (QED) is 0.647. The van der Waals surface area contributed by atoms with Crippen LogP contribution in [-0.2, 0) is 19.7 Å². The molecular weight excluding hydrogens is 382 g/mol. The highest BCUT2D eigenvalue weighted by molar-refractivity contribution is 6.00. The number of amides is 2. The van der Waals surface area contributed by atoms with Gasteiger partial charge in [-0.1, -0.05) is 30.3 Å². The molecule has 0 aromatic heterocycles. The summed E-state index contributed by atoms with van der Waals surface area (Å²) < 4.78 is 5.37. The van der Waals surface area contributed by atoms with Crippen molar-refractivity contribution in [3.63, 3.8) is 0 Å². The minimum absolute atomic E-state index is 0.217. The first-order valence-electron chi connectivity index (χ1n) is 10.3. The normalized spacial score (nSPS) is 18.4. The molecule has 1 saturated heterocycles. The van der Waals surface area contributed by atoms with Crippen molar-refractivity contribution in [3.8, 4) is 0 Å². The summed E-state index contributed by atoms with van der Waals surface area (Å²) in [6.45, 7) is 2.64. The highest BCUT2D eigenvalue weighted by Gasteiger charge is 2.51. The van der Waals surface area contributed by atoms with Crippen molar-refractivity contribution in [1.29, 1.82) is 0 Å². The molecule has 1 aliphatic heterocycles. The summed E-state index contributed by atoms with van der Waals surface area (Å²) in [5.74, 6) is -0.653. The molecular formula is C23H27N3O4. The molecule has 1 heterocycles. The third-order valence-electron chi connectivity index (χ3n) is 5.83. The molecule has 0 radical (unpaired) electrons. The molecule has 1 saturated carbocycles. The maximum atomic E-state index is 12.9. The van der Waals surface area contributed by atoms with Crippen LogP contribution in [0.2, 0.25) is 0 Å². The van der Waals surface area contributed by atoms with Crippen LogP contribution < -0.4 is 15.5 Å².